The first-order valence-corrected chi connectivity index (χ1v) is 8.53. The fourth-order valence-electron chi connectivity index (χ4n) is 3.25. The SMILES string of the molecule is O=C(O)C1Cc2ccccc2CN1CC(O)COc1ccccc1[N+](=O)[O-]. The van der Waals surface area contributed by atoms with Gasteiger partial charge in [-0.2, -0.15) is 0 Å². The highest BCUT2D eigenvalue weighted by atomic mass is 16.6. The summed E-state index contributed by atoms with van der Waals surface area (Å²) < 4.78 is 5.40. The van der Waals surface area contributed by atoms with Gasteiger partial charge < -0.3 is 14.9 Å². The average Bonchev–Trinajstić information content (AvgIpc) is 2.65. The molecule has 0 bridgehead atoms. The number of para-hydroxylation sites is 2. The zero-order valence-corrected chi connectivity index (χ0v) is 14.5. The van der Waals surface area contributed by atoms with E-state index in [1.807, 2.05) is 24.3 Å². The number of aliphatic carboxylic acids is 1. The van der Waals surface area contributed by atoms with Crippen LogP contribution in [0.25, 0.3) is 0 Å². The molecule has 2 aromatic rings. The van der Waals surface area contributed by atoms with Gasteiger partial charge in [-0.15, -0.1) is 0 Å². The summed E-state index contributed by atoms with van der Waals surface area (Å²) >= 11 is 0. The molecule has 3 rings (SSSR count). The van der Waals surface area contributed by atoms with E-state index in [-0.39, 0.29) is 24.6 Å². The highest BCUT2D eigenvalue weighted by Gasteiger charge is 2.32. The molecule has 142 valence electrons. The molecule has 0 saturated heterocycles. The minimum absolute atomic E-state index is 0.0697. The van der Waals surface area contributed by atoms with Gasteiger partial charge in [-0.1, -0.05) is 36.4 Å². The third-order valence-corrected chi connectivity index (χ3v) is 4.57. The second-order valence-electron chi connectivity index (χ2n) is 6.45. The Kier molecular flexibility index (Phi) is 5.68. The van der Waals surface area contributed by atoms with Crippen molar-refractivity contribution in [3.05, 3.63) is 69.8 Å². The lowest BCUT2D eigenvalue weighted by atomic mass is 9.94. The molecule has 1 aliphatic rings. The molecular formula is C19H20N2O6. The van der Waals surface area contributed by atoms with Gasteiger partial charge in [0, 0.05) is 19.2 Å². The Hall–Kier alpha value is -2.97. The van der Waals surface area contributed by atoms with E-state index in [1.54, 1.807) is 11.0 Å². The van der Waals surface area contributed by atoms with Crippen LogP contribution in [0.4, 0.5) is 5.69 Å². The summed E-state index contributed by atoms with van der Waals surface area (Å²) in [6, 6.07) is 12.8. The van der Waals surface area contributed by atoms with Gasteiger partial charge in [-0.25, -0.2) is 0 Å². The first-order chi connectivity index (χ1) is 13.0. The molecule has 0 saturated carbocycles. The molecule has 0 fully saturated rings. The Balaban J connectivity index is 1.65. The first-order valence-electron chi connectivity index (χ1n) is 8.53. The van der Waals surface area contributed by atoms with Crippen molar-refractivity contribution in [1.82, 2.24) is 4.90 Å². The third-order valence-electron chi connectivity index (χ3n) is 4.57. The lowest BCUT2D eigenvalue weighted by Gasteiger charge is -2.35. The molecule has 8 heteroatoms. The summed E-state index contributed by atoms with van der Waals surface area (Å²) in [6.45, 7) is 0.330. The number of β-amino-alcohol motifs (C(OH)–C–C–N with tert-alkyl or cyclic N) is 1. The number of aliphatic hydroxyl groups excluding tert-OH is 1. The van der Waals surface area contributed by atoms with Crippen LogP contribution in [0.15, 0.2) is 48.5 Å². The van der Waals surface area contributed by atoms with Crippen LogP contribution < -0.4 is 4.74 Å². The Morgan fingerprint density at radius 3 is 2.59 bits per heavy atom. The minimum Gasteiger partial charge on any atom is -0.484 e. The largest absolute Gasteiger partial charge is 0.484 e. The minimum atomic E-state index is -0.989. The van der Waals surface area contributed by atoms with E-state index in [2.05, 4.69) is 0 Å². The highest BCUT2D eigenvalue weighted by molar-refractivity contribution is 5.74. The summed E-state index contributed by atoms with van der Waals surface area (Å²) in [7, 11) is 0. The lowest BCUT2D eigenvalue weighted by molar-refractivity contribution is -0.385. The second kappa shape index (κ2) is 8.15. The Morgan fingerprint density at radius 1 is 1.22 bits per heavy atom. The number of fused-ring (bicyclic) bond motifs is 1. The maximum absolute atomic E-state index is 11.6. The van der Waals surface area contributed by atoms with Crippen molar-refractivity contribution >= 4 is 11.7 Å². The fraction of sp³-hybridized carbons (Fsp3) is 0.316. The first kappa shape index (κ1) is 18.8. The number of aliphatic hydroxyl groups is 1. The average molecular weight is 372 g/mol. The summed E-state index contributed by atoms with van der Waals surface area (Å²) in [5.41, 5.74) is 1.84. The van der Waals surface area contributed by atoms with Crippen molar-refractivity contribution in [3.63, 3.8) is 0 Å². The molecule has 2 unspecified atom stereocenters. The van der Waals surface area contributed by atoms with Crippen molar-refractivity contribution < 1.29 is 24.7 Å². The number of hydrogen-bond donors (Lipinski definition) is 2. The fourth-order valence-corrected chi connectivity index (χ4v) is 3.25. The van der Waals surface area contributed by atoms with E-state index in [1.165, 1.54) is 18.2 Å². The molecule has 2 aromatic carbocycles. The van der Waals surface area contributed by atoms with E-state index < -0.39 is 23.0 Å². The van der Waals surface area contributed by atoms with Crippen LogP contribution in [0.2, 0.25) is 0 Å². The maximum Gasteiger partial charge on any atom is 0.321 e. The second-order valence-corrected chi connectivity index (χ2v) is 6.45. The van der Waals surface area contributed by atoms with Crippen molar-refractivity contribution in [3.8, 4) is 5.75 Å². The summed E-state index contributed by atoms with van der Waals surface area (Å²) in [4.78, 5) is 23.8. The number of rotatable bonds is 7. The zero-order chi connectivity index (χ0) is 19.4. The zero-order valence-electron chi connectivity index (χ0n) is 14.5. The Morgan fingerprint density at radius 2 is 1.89 bits per heavy atom. The number of carboxylic acid groups (broad SMARTS) is 1. The van der Waals surface area contributed by atoms with E-state index in [4.69, 9.17) is 4.74 Å². The number of nitro benzene ring substituents is 1. The van der Waals surface area contributed by atoms with Gasteiger partial charge in [-0.05, 0) is 23.6 Å². The van der Waals surface area contributed by atoms with Crippen LogP contribution in [-0.4, -0.2) is 51.3 Å². The summed E-state index contributed by atoms with van der Waals surface area (Å²) in [5, 5.41) is 30.8. The van der Waals surface area contributed by atoms with Crippen LogP contribution in [0.1, 0.15) is 11.1 Å². The Bertz CT molecular complexity index is 840. The van der Waals surface area contributed by atoms with Crippen molar-refractivity contribution in [2.24, 2.45) is 0 Å². The van der Waals surface area contributed by atoms with E-state index >= 15 is 0 Å². The van der Waals surface area contributed by atoms with Gasteiger partial charge in [0.25, 0.3) is 0 Å². The van der Waals surface area contributed by atoms with Crippen LogP contribution in [-0.2, 0) is 17.8 Å². The highest BCUT2D eigenvalue weighted by Crippen LogP contribution is 2.27. The molecule has 0 radical (unpaired) electrons. The third kappa shape index (κ3) is 4.42. The lowest BCUT2D eigenvalue weighted by Crippen LogP contribution is -2.49. The molecular weight excluding hydrogens is 352 g/mol. The molecule has 8 nitrogen and oxygen atoms in total. The molecule has 27 heavy (non-hydrogen) atoms. The number of hydrogen-bond acceptors (Lipinski definition) is 6. The van der Waals surface area contributed by atoms with Crippen molar-refractivity contribution in [2.45, 2.75) is 25.1 Å². The van der Waals surface area contributed by atoms with Crippen LogP contribution >= 0.6 is 0 Å². The number of ether oxygens (including phenoxy) is 1. The predicted octanol–water partition coefficient (Wildman–Crippen LogP) is 1.85. The maximum atomic E-state index is 11.6. The monoisotopic (exact) mass is 372 g/mol. The molecule has 0 amide bonds. The van der Waals surface area contributed by atoms with Crippen LogP contribution in [0.3, 0.4) is 0 Å². The molecule has 2 atom stereocenters. The Labute approximate surface area is 155 Å². The molecule has 1 aliphatic heterocycles. The van der Waals surface area contributed by atoms with Crippen LogP contribution in [0.5, 0.6) is 5.75 Å². The summed E-state index contributed by atoms with van der Waals surface area (Å²) in [5.74, 6) is -0.878. The van der Waals surface area contributed by atoms with Gasteiger partial charge in [0.05, 0.1) is 4.92 Å². The topological polar surface area (TPSA) is 113 Å². The number of nitrogens with zero attached hydrogens (tertiary/aromatic N) is 2. The van der Waals surface area contributed by atoms with E-state index in [9.17, 15) is 25.1 Å². The predicted molar refractivity (Wildman–Crippen MR) is 96.6 cm³/mol. The number of benzene rings is 2. The molecule has 2 N–H and O–H groups in total. The smallest absolute Gasteiger partial charge is 0.321 e. The van der Waals surface area contributed by atoms with Gasteiger partial charge >= 0.3 is 11.7 Å². The molecule has 0 spiro atoms. The number of nitro groups is 1. The normalized spacial score (nSPS) is 17.7. The van der Waals surface area contributed by atoms with Gasteiger partial charge in [0.1, 0.15) is 18.8 Å². The van der Waals surface area contributed by atoms with Crippen LogP contribution in [0, 0.1) is 10.1 Å². The van der Waals surface area contributed by atoms with Crippen molar-refractivity contribution in [1.29, 1.82) is 0 Å². The van der Waals surface area contributed by atoms with Gasteiger partial charge in [0.15, 0.2) is 5.75 Å². The summed E-state index contributed by atoms with van der Waals surface area (Å²) in [6.07, 6.45) is -0.625. The number of carboxylic acids is 1. The molecule has 0 aromatic heterocycles. The van der Waals surface area contributed by atoms with Crippen molar-refractivity contribution in [2.75, 3.05) is 13.2 Å². The standard InChI is InChI=1S/C19H20N2O6/c22-15(12-27-18-8-4-3-7-16(18)21(25)26)11-20-10-14-6-2-1-5-13(14)9-17(20)19(23)24/h1-8,15,17,22H,9-12H2,(H,23,24). The quantitative estimate of drug-likeness (QED) is 0.563. The molecule has 1 heterocycles. The molecule has 0 aliphatic carbocycles. The van der Waals surface area contributed by atoms with E-state index in [0.717, 1.165) is 11.1 Å². The van der Waals surface area contributed by atoms with Gasteiger partial charge in [-0.3, -0.25) is 19.8 Å². The van der Waals surface area contributed by atoms with Gasteiger partial charge in [0.2, 0.25) is 0 Å². The number of carbonyl (C=O) groups is 1. The van der Waals surface area contributed by atoms with E-state index in [0.29, 0.717) is 13.0 Å².